The zero-order valence-corrected chi connectivity index (χ0v) is 11.3. The first kappa shape index (κ1) is 14.6. The van der Waals surface area contributed by atoms with Crippen LogP contribution in [0.1, 0.15) is 22.8 Å². The molecule has 1 aromatic rings. The van der Waals surface area contributed by atoms with Crippen LogP contribution in [0.4, 0.5) is 0 Å². The van der Waals surface area contributed by atoms with Crippen LogP contribution in [-0.2, 0) is 0 Å². The molecule has 0 aliphatic rings. The molecule has 2 N–H and O–H groups in total. The van der Waals surface area contributed by atoms with Gasteiger partial charge in [-0.3, -0.25) is 4.79 Å². The van der Waals surface area contributed by atoms with E-state index in [-0.39, 0.29) is 12.5 Å². The van der Waals surface area contributed by atoms with E-state index >= 15 is 0 Å². The van der Waals surface area contributed by atoms with Crippen molar-refractivity contribution in [3.8, 4) is 6.07 Å². The van der Waals surface area contributed by atoms with Crippen molar-refractivity contribution in [2.45, 2.75) is 12.5 Å². The number of nitrogens with zero attached hydrogens (tertiary/aromatic N) is 1. The molecule has 0 aromatic heterocycles. The summed E-state index contributed by atoms with van der Waals surface area (Å²) in [7, 11) is 0. The van der Waals surface area contributed by atoms with Crippen LogP contribution in [0, 0.1) is 11.3 Å². The van der Waals surface area contributed by atoms with Crippen molar-refractivity contribution in [3.63, 3.8) is 0 Å². The molecule has 1 aromatic carbocycles. The minimum atomic E-state index is -0.915. The van der Waals surface area contributed by atoms with Crippen molar-refractivity contribution in [2.24, 2.45) is 0 Å². The van der Waals surface area contributed by atoms with Gasteiger partial charge in [0.25, 0.3) is 5.91 Å². The average molecular weight is 264 g/mol. The number of hydrogen-bond acceptors (Lipinski definition) is 4. The average Bonchev–Trinajstić information content (AvgIpc) is 2.36. The molecule has 0 fully saturated rings. The molecule has 0 radical (unpaired) electrons. The molecule has 5 heteroatoms. The molecule has 4 nitrogen and oxygen atoms in total. The summed E-state index contributed by atoms with van der Waals surface area (Å²) in [6.45, 7) is 1.88. The van der Waals surface area contributed by atoms with E-state index < -0.39 is 5.60 Å². The second-order valence-electron chi connectivity index (χ2n) is 4.30. The first-order valence-corrected chi connectivity index (χ1v) is 6.87. The third-order valence-corrected chi connectivity index (χ3v) is 3.27. The van der Waals surface area contributed by atoms with Gasteiger partial charge in [-0.25, -0.2) is 0 Å². The van der Waals surface area contributed by atoms with Crippen molar-refractivity contribution in [2.75, 3.05) is 18.6 Å². The van der Waals surface area contributed by atoms with Crippen LogP contribution in [0.5, 0.6) is 0 Å². The Morgan fingerprint density at radius 2 is 2.11 bits per heavy atom. The Kier molecular flexibility index (Phi) is 5.20. The molecule has 18 heavy (non-hydrogen) atoms. The largest absolute Gasteiger partial charge is 0.387 e. The number of carbonyl (C=O) groups excluding carboxylic acids is 1. The van der Waals surface area contributed by atoms with Gasteiger partial charge >= 0.3 is 0 Å². The number of aliphatic hydroxyl groups is 1. The highest BCUT2D eigenvalue weighted by Crippen LogP contribution is 2.10. The molecule has 1 rings (SSSR count). The summed E-state index contributed by atoms with van der Waals surface area (Å²) in [6, 6.07) is 8.36. The maximum absolute atomic E-state index is 11.8. The summed E-state index contributed by atoms with van der Waals surface area (Å²) in [5.41, 5.74) is 0.0803. The topological polar surface area (TPSA) is 73.1 Å². The fourth-order valence-corrected chi connectivity index (χ4v) is 2.15. The molecule has 0 saturated heterocycles. The number of benzene rings is 1. The number of hydrogen-bond donors (Lipinski definition) is 2. The van der Waals surface area contributed by atoms with Gasteiger partial charge in [0.05, 0.1) is 17.2 Å². The molecule has 0 saturated carbocycles. The molecule has 1 atom stereocenters. The van der Waals surface area contributed by atoms with Gasteiger partial charge in [-0.1, -0.05) is 0 Å². The molecule has 0 bridgehead atoms. The van der Waals surface area contributed by atoms with Crippen LogP contribution in [-0.4, -0.2) is 35.2 Å². The SMILES string of the molecule is CSCC(C)(O)CNC(=O)c1ccc(C#N)cc1. The summed E-state index contributed by atoms with van der Waals surface area (Å²) < 4.78 is 0. The number of rotatable bonds is 5. The second kappa shape index (κ2) is 6.43. The van der Waals surface area contributed by atoms with Crippen LogP contribution in [0.2, 0.25) is 0 Å². The van der Waals surface area contributed by atoms with Crippen LogP contribution in [0.15, 0.2) is 24.3 Å². The highest BCUT2D eigenvalue weighted by atomic mass is 32.2. The van der Waals surface area contributed by atoms with Gasteiger partial charge < -0.3 is 10.4 Å². The zero-order chi connectivity index (χ0) is 13.6. The first-order valence-electron chi connectivity index (χ1n) is 5.48. The highest BCUT2D eigenvalue weighted by molar-refractivity contribution is 7.98. The lowest BCUT2D eigenvalue weighted by Gasteiger charge is -2.22. The van der Waals surface area contributed by atoms with Gasteiger partial charge in [0.1, 0.15) is 0 Å². The Morgan fingerprint density at radius 1 is 1.50 bits per heavy atom. The van der Waals surface area contributed by atoms with E-state index in [0.717, 1.165) is 0 Å². The van der Waals surface area contributed by atoms with Crippen molar-refractivity contribution in [3.05, 3.63) is 35.4 Å². The summed E-state index contributed by atoms with van der Waals surface area (Å²) >= 11 is 1.52. The van der Waals surface area contributed by atoms with Gasteiger partial charge in [0.15, 0.2) is 0 Å². The van der Waals surface area contributed by atoms with Gasteiger partial charge in [-0.2, -0.15) is 17.0 Å². The second-order valence-corrected chi connectivity index (χ2v) is 5.17. The van der Waals surface area contributed by atoms with Crippen LogP contribution in [0.3, 0.4) is 0 Å². The number of thioether (sulfide) groups is 1. The maximum Gasteiger partial charge on any atom is 0.251 e. The van der Waals surface area contributed by atoms with Gasteiger partial charge in [0.2, 0.25) is 0 Å². The van der Waals surface area contributed by atoms with Gasteiger partial charge in [-0.15, -0.1) is 0 Å². The lowest BCUT2D eigenvalue weighted by molar-refractivity contribution is 0.0725. The van der Waals surface area contributed by atoms with E-state index in [4.69, 9.17) is 5.26 Å². The molecular formula is C13H16N2O2S. The lowest BCUT2D eigenvalue weighted by Crippen LogP contribution is -2.42. The van der Waals surface area contributed by atoms with E-state index in [2.05, 4.69) is 5.32 Å². The third-order valence-electron chi connectivity index (χ3n) is 2.36. The van der Waals surface area contributed by atoms with Crippen molar-refractivity contribution < 1.29 is 9.90 Å². The molecule has 0 aliphatic heterocycles. The smallest absolute Gasteiger partial charge is 0.251 e. The van der Waals surface area contributed by atoms with E-state index in [0.29, 0.717) is 16.9 Å². The van der Waals surface area contributed by atoms with Crippen LogP contribution >= 0.6 is 11.8 Å². The van der Waals surface area contributed by atoms with Crippen molar-refractivity contribution in [1.29, 1.82) is 5.26 Å². The van der Waals surface area contributed by atoms with Gasteiger partial charge in [-0.05, 0) is 37.4 Å². The number of nitriles is 1. The minimum absolute atomic E-state index is 0.201. The van der Waals surface area contributed by atoms with Crippen LogP contribution in [0.25, 0.3) is 0 Å². The van der Waals surface area contributed by atoms with Crippen LogP contribution < -0.4 is 5.32 Å². The standard InChI is InChI=1S/C13H16N2O2S/c1-13(17,9-18-2)8-15-12(16)11-5-3-10(7-14)4-6-11/h3-6,17H,8-9H2,1-2H3,(H,15,16). The fraction of sp³-hybridized carbons (Fsp3) is 0.385. The number of nitrogens with one attached hydrogen (secondary N) is 1. The predicted molar refractivity (Wildman–Crippen MR) is 72.5 cm³/mol. The fourth-order valence-electron chi connectivity index (χ4n) is 1.43. The lowest BCUT2D eigenvalue weighted by atomic mass is 10.1. The van der Waals surface area contributed by atoms with E-state index in [1.165, 1.54) is 11.8 Å². The van der Waals surface area contributed by atoms with Crippen molar-refractivity contribution in [1.82, 2.24) is 5.32 Å². The Bertz CT molecular complexity index is 449. The first-order chi connectivity index (χ1) is 8.48. The molecule has 1 unspecified atom stereocenters. The Balaban J connectivity index is 2.58. The molecular weight excluding hydrogens is 248 g/mol. The summed E-state index contributed by atoms with van der Waals surface area (Å²) in [6.07, 6.45) is 1.90. The molecule has 0 heterocycles. The minimum Gasteiger partial charge on any atom is -0.387 e. The summed E-state index contributed by atoms with van der Waals surface area (Å²) in [5.74, 6) is 0.307. The quantitative estimate of drug-likeness (QED) is 0.843. The molecule has 96 valence electrons. The van der Waals surface area contributed by atoms with E-state index in [9.17, 15) is 9.90 Å². The normalized spacial score (nSPS) is 13.4. The van der Waals surface area contributed by atoms with E-state index in [1.54, 1.807) is 31.2 Å². The maximum atomic E-state index is 11.8. The zero-order valence-electron chi connectivity index (χ0n) is 10.4. The monoisotopic (exact) mass is 264 g/mol. The number of amides is 1. The van der Waals surface area contributed by atoms with E-state index in [1.807, 2.05) is 12.3 Å². The number of carbonyl (C=O) groups is 1. The summed E-state index contributed by atoms with van der Waals surface area (Å²) in [4.78, 5) is 11.8. The Labute approximate surface area is 111 Å². The Hall–Kier alpha value is -1.51. The highest BCUT2D eigenvalue weighted by Gasteiger charge is 2.20. The third kappa shape index (κ3) is 4.40. The Morgan fingerprint density at radius 3 is 2.61 bits per heavy atom. The van der Waals surface area contributed by atoms with Crippen molar-refractivity contribution >= 4 is 17.7 Å². The molecule has 1 amide bonds. The molecule has 0 spiro atoms. The summed E-state index contributed by atoms with van der Waals surface area (Å²) in [5, 5.41) is 21.2. The predicted octanol–water partition coefficient (Wildman–Crippen LogP) is 1.40. The molecule has 0 aliphatic carbocycles. The van der Waals surface area contributed by atoms with Gasteiger partial charge in [0, 0.05) is 17.9 Å².